The number of hydrogen-bond acceptors (Lipinski definition) is 5. The van der Waals surface area contributed by atoms with Crippen molar-refractivity contribution in [2.75, 3.05) is 6.54 Å². The highest BCUT2D eigenvalue weighted by molar-refractivity contribution is 5.92. The monoisotopic (exact) mass is 486 g/mol. The molecule has 0 fully saturated rings. The Morgan fingerprint density at radius 1 is 0.972 bits per heavy atom. The number of carbonyl (C=O) groups excluding carboxylic acids is 2. The van der Waals surface area contributed by atoms with Crippen LogP contribution in [0.5, 0.6) is 0 Å². The molecule has 3 N–H and O–H groups in total. The van der Waals surface area contributed by atoms with Crippen LogP contribution in [0.4, 0.5) is 0 Å². The van der Waals surface area contributed by atoms with Crippen molar-refractivity contribution < 1.29 is 9.59 Å². The van der Waals surface area contributed by atoms with E-state index in [-0.39, 0.29) is 17.9 Å². The molecule has 0 saturated heterocycles. The summed E-state index contributed by atoms with van der Waals surface area (Å²) in [7, 11) is 0. The van der Waals surface area contributed by atoms with Gasteiger partial charge in [0.25, 0.3) is 5.56 Å². The highest BCUT2D eigenvalue weighted by Crippen LogP contribution is 2.21. The number of aryl methyl sites for hydroxylation is 4. The third-order valence-electron chi connectivity index (χ3n) is 6.21. The molecule has 0 saturated carbocycles. The highest BCUT2D eigenvalue weighted by atomic mass is 16.2. The van der Waals surface area contributed by atoms with E-state index in [0.29, 0.717) is 37.0 Å². The van der Waals surface area contributed by atoms with E-state index in [1.54, 1.807) is 16.8 Å². The molecule has 0 atom stereocenters. The maximum absolute atomic E-state index is 13.1. The maximum Gasteiger partial charge on any atom is 0.295 e. The molecule has 4 aromatic rings. The van der Waals surface area contributed by atoms with Crippen LogP contribution in [0.2, 0.25) is 0 Å². The molecule has 0 bridgehead atoms. The highest BCUT2D eigenvalue weighted by Gasteiger charge is 2.17. The van der Waals surface area contributed by atoms with Gasteiger partial charge in [0.05, 0.1) is 22.5 Å². The third-order valence-corrected chi connectivity index (χ3v) is 6.21. The summed E-state index contributed by atoms with van der Waals surface area (Å²) in [5.41, 5.74) is 10.5. The van der Waals surface area contributed by atoms with Gasteiger partial charge in [-0.05, 0) is 63.4 Å². The molecule has 9 nitrogen and oxygen atoms in total. The van der Waals surface area contributed by atoms with Gasteiger partial charge < -0.3 is 11.1 Å². The number of nitrogens with two attached hydrogens (primary N) is 1. The van der Waals surface area contributed by atoms with Crippen LogP contribution in [0.1, 0.15) is 45.7 Å². The topological polar surface area (TPSA) is 125 Å². The number of amides is 2. The lowest BCUT2D eigenvalue weighted by molar-refractivity contribution is -0.121. The Bertz CT molecular complexity index is 1470. The van der Waals surface area contributed by atoms with E-state index in [1.165, 1.54) is 4.68 Å². The van der Waals surface area contributed by atoms with E-state index in [0.717, 1.165) is 33.6 Å². The summed E-state index contributed by atoms with van der Waals surface area (Å²) in [5, 5.41) is 12.7. The van der Waals surface area contributed by atoms with E-state index in [1.807, 2.05) is 57.2 Å². The zero-order valence-electron chi connectivity index (χ0n) is 20.7. The first-order valence-electron chi connectivity index (χ1n) is 11.9. The molecule has 0 aliphatic carbocycles. The summed E-state index contributed by atoms with van der Waals surface area (Å²) in [4.78, 5) is 36.5. The summed E-state index contributed by atoms with van der Waals surface area (Å²) in [6.07, 6.45) is 1.40. The molecule has 2 amide bonds. The van der Waals surface area contributed by atoms with Crippen molar-refractivity contribution in [1.82, 2.24) is 24.9 Å². The van der Waals surface area contributed by atoms with E-state index >= 15 is 0 Å². The van der Waals surface area contributed by atoms with E-state index in [4.69, 9.17) is 5.73 Å². The summed E-state index contributed by atoms with van der Waals surface area (Å²) in [5.74, 6) is -0.554. The van der Waals surface area contributed by atoms with Crippen LogP contribution < -0.4 is 16.6 Å². The zero-order chi connectivity index (χ0) is 25.8. The lowest BCUT2D eigenvalue weighted by Gasteiger charge is -2.08. The van der Waals surface area contributed by atoms with Crippen molar-refractivity contribution in [1.29, 1.82) is 0 Å². The maximum atomic E-state index is 13.1. The molecule has 36 heavy (non-hydrogen) atoms. The van der Waals surface area contributed by atoms with Crippen LogP contribution in [0.25, 0.3) is 16.6 Å². The second kappa shape index (κ2) is 10.6. The van der Waals surface area contributed by atoms with E-state index in [2.05, 4.69) is 15.5 Å². The summed E-state index contributed by atoms with van der Waals surface area (Å²) < 4.78 is 3.18. The average Bonchev–Trinajstić information content (AvgIpc) is 3.21. The van der Waals surface area contributed by atoms with Gasteiger partial charge in [0.1, 0.15) is 0 Å². The number of hydrogen-bond donors (Lipinski definition) is 2. The molecule has 0 spiro atoms. The number of rotatable bonds is 9. The minimum Gasteiger partial charge on any atom is -0.366 e. The molecule has 0 unspecified atom stereocenters. The largest absolute Gasteiger partial charge is 0.366 e. The van der Waals surface area contributed by atoms with Crippen LogP contribution in [0, 0.1) is 20.8 Å². The molecule has 0 aliphatic rings. The normalized spacial score (nSPS) is 11.1. The fourth-order valence-corrected chi connectivity index (χ4v) is 4.23. The predicted octanol–water partition coefficient (Wildman–Crippen LogP) is 2.75. The van der Waals surface area contributed by atoms with Crippen LogP contribution >= 0.6 is 0 Å². The first-order chi connectivity index (χ1) is 17.2. The first kappa shape index (κ1) is 24.8. The molecular formula is C27H30N6O3. The summed E-state index contributed by atoms with van der Waals surface area (Å²) in [6.45, 7) is 6.63. The fourth-order valence-electron chi connectivity index (χ4n) is 4.23. The number of aromatic nitrogens is 4. The summed E-state index contributed by atoms with van der Waals surface area (Å²) in [6, 6.07) is 15.0. The van der Waals surface area contributed by atoms with Gasteiger partial charge in [-0.1, -0.05) is 29.8 Å². The quantitative estimate of drug-likeness (QED) is 0.376. The second-order valence-corrected chi connectivity index (χ2v) is 8.93. The van der Waals surface area contributed by atoms with Crippen molar-refractivity contribution in [3.8, 4) is 5.69 Å². The van der Waals surface area contributed by atoms with Gasteiger partial charge in [-0.15, -0.1) is 0 Å². The summed E-state index contributed by atoms with van der Waals surface area (Å²) >= 11 is 0. The third kappa shape index (κ3) is 5.35. The number of benzene rings is 2. The number of nitrogens with one attached hydrogen (secondary N) is 1. The van der Waals surface area contributed by atoms with Gasteiger partial charge in [-0.25, -0.2) is 9.36 Å². The van der Waals surface area contributed by atoms with Crippen LogP contribution in [-0.4, -0.2) is 37.9 Å². The second-order valence-electron chi connectivity index (χ2n) is 8.93. The lowest BCUT2D eigenvalue weighted by Crippen LogP contribution is -2.27. The van der Waals surface area contributed by atoms with Crippen LogP contribution in [0.3, 0.4) is 0 Å². The van der Waals surface area contributed by atoms with Crippen LogP contribution in [0.15, 0.2) is 53.3 Å². The van der Waals surface area contributed by atoms with Crippen LogP contribution in [-0.2, 0) is 17.8 Å². The SMILES string of the molecule is Cc1ccc(-n2nc3c(=O)n(CCCC(=O)NCCc4ccc(C(N)=O)cc4)nc(C)c3c2C)cc1. The Hall–Kier alpha value is -4.27. The van der Waals surface area contributed by atoms with Gasteiger partial charge in [0.15, 0.2) is 5.52 Å². The number of nitrogens with zero attached hydrogens (tertiary/aromatic N) is 4. The average molecular weight is 487 g/mol. The molecule has 2 aromatic heterocycles. The van der Waals surface area contributed by atoms with Gasteiger partial charge in [0.2, 0.25) is 11.8 Å². The Kier molecular flexibility index (Phi) is 7.28. The van der Waals surface area contributed by atoms with Crippen molar-refractivity contribution in [3.05, 3.63) is 87.0 Å². The molecule has 2 heterocycles. The minimum atomic E-state index is -0.465. The Morgan fingerprint density at radius 3 is 2.33 bits per heavy atom. The molecule has 0 aliphatic heterocycles. The molecule has 9 heteroatoms. The lowest BCUT2D eigenvalue weighted by atomic mass is 10.1. The number of primary amides is 1. The smallest absolute Gasteiger partial charge is 0.295 e. The van der Waals surface area contributed by atoms with Crippen molar-refractivity contribution >= 4 is 22.7 Å². The zero-order valence-corrected chi connectivity index (χ0v) is 20.7. The number of fused-ring (bicyclic) bond motifs is 1. The van der Waals surface area contributed by atoms with Gasteiger partial charge in [-0.3, -0.25) is 14.4 Å². The minimum absolute atomic E-state index is 0.0888. The predicted molar refractivity (Wildman–Crippen MR) is 138 cm³/mol. The first-order valence-corrected chi connectivity index (χ1v) is 11.9. The van der Waals surface area contributed by atoms with Gasteiger partial charge in [0, 0.05) is 25.1 Å². The standard InChI is InChI=1S/C27H30N6O3/c1-17-6-12-22(13-7-17)33-19(3)24-18(2)30-32(27(36)25(24)31-33)16-4-5-23(34)29-15-14-20-8-10-21(11-9-20)26(28)35/h6-13H,4-5,14-16H2,1-3H3,(H2,28,35)(H,29,34). The molecular weight excluding hydrogens is 456 g/mol. The van der Waals surface area contributed by atoms with Gasteiger partial charge >= 0.3 is 0 Å². The molecule has 2 aromatic carbocycles. The molecule has 186 valence electrons. The van der Waals surface area contributed by atoms with Crippen molar-refractivity contribution in [3.63, 3.8) is 0 Å². The molecule has 0 radical (unpaired) electrons. The molecule has 4 rings (SSSR count). The van der Waals surface area contributed by atoms with Gasteiger partial charge in [-0.2, -0.15) is 10.2 Å². The van der Waals surface area contributed by atoms with Crippen molar-refractivity contribution in [2.45, 2.75) is 46.6 Å². The Balaban J connectivity index is 1.36. The number of carbonyl (C=O) groups is 2. The fraction of sp³-hybridized carbons (Fsp3) is 0.296. The van der Waals surface area contributed by atoms with E-state index < -0.39 is 5.91 Å². The van der Waals surface area contributed by atoms with Crippen molar-refractivity contribution in [2.24, 2.45) is 5.73 Å². The Morgan fingerprint density at radius 2 is 1.67 bits per heavy atom. The van der Waals surface area contributed by atoms with E-state index in [9.17, 15) is 14.4 Å². The Labute approximate surface area is 208 Å².